The molecule has 2 aromatic rings. The molecule has 6 nitrogen and oxygen atoms in total. The number of anilines is 2. The van der Waals surface area contributed by atoms with Crippen molar-refractivity contribution in [2.24, 2.45) is 0 Å². The maximum atomic E-state index is 12.8. The zero-order valence-corrected chi connectivity index (χ0v) is 14.3. The van der Waals surface area contributed by atoms with Crippen LogP contribution in [-0.2, 0) is 20.8 Å². The zero-order chi connectivity index (χ0) is 18.9. The lowest BCUT2D eigenvalue weighted by molar-refractivity contribution is -0.126. The van der Waals surface area contributed by atoms with Crippen LogP contribution < -0.4 is 16.0 Å². The first-order valence-corrected chi connectivity index (χ1v) is 8.11. The molecule has 0 heterocycles. The standard InChI is InChI=1S/C19H20FN3O3/c1-13(24)22-16-6-8-17(9-7-16)23-19(26)12-18(25)21-11-10-14-2-4-15(20)5-3-14/h2-9H,10-12H2,1H3,(H,21,25)(H,22,24)(H,23,26). The summed E-state index contributed by atoms with van der Waals surface area (Å²) in [5.41, 5.74) is 2.05. The van der Waals surface area contributed by atoms with Gasteiger partial charge < -0.3 is 16.0 Å². The summed E-state index contributed by atoms with van der Waals surface area (Å²) in [6, 6.07) is 12.6. The van der Waals surface area contributed by atoms with Crippen LogP contribution in [0.15, 0.2) is 48.5 Å². The van der Waals surface area contributed by atoms with Gasteiger partial charge in [0.1, 0.15) is 12.2 Å². The predicted octanol–water partition coefficient (Wildman–Crippen LogP) is 2.47. The van der Waals surface area contributed by atoms with Gasteiger partial charge in [-0.25, -0.2) is 4.39 Å². The summed E-state index contributed by atoms with van der Waals surface area (Å²) in [5, 5.41) is 7.89. The number of hydrogen-bond acceptors (Lipinski definition) is 3. The molecule has 0 aliphatic carbocycles. The second-order valence-electron chi connectivity index (χ2n) is 5.71. The van der Waals surface area contributed by atoms with Gasteiger partial charge in [0.25, 0.3) is 0 Å². The van der Waals surface area contributed by atoms with Crippen molar-refractivity contribution >= 4 is 29.1 Å². The van der Waals surface area contributed by atoms with Gasteiger partial charge in [-0.15, -0.1) is 0 Å². The summed E-state index contributed by atoms with van der Waals surface area (Å²) in [7, 11) is 0. The summed E-state index contributed by atoms with van der Waals surface area (Å²) in [5.74, 6) is -1.31. The van der Waals surface area contributed by atoms with Crippen LogP contribution in [-0.4, -0.2) is 24.3 Å². The van der Waals surface area contributed by atoms with Crippen LogP contribution in [0, 0.1) is 5.82 Å². The van der Waals surface area contributed by atoms with E-state index in [1.807, 2.05) is 0 Å². The van der Waals surface area contributed by atoms with E-state index in [1.165, 1.54) is 19.1 Å². The Hall–Kier alpha value is -3.22. The first kappa shape index (κ1) is 19.1. The predicted molar refractivity (Wildman–Crippen MR) is 97.1 cm³/mol. The fraction of sp³-hybridized carbons (Fsp3) is 0.211. The molecule has 26 heavy (non-hydrogen) atoms. The lowest BCUT2D eigenvalue weighted by Gasteiger charge is -2.08. The molecule has 0 fully saturated rings. The molecule has 0 bridgehead atoms. The van der Waals surface area contributed by atoms with Gasteiger partial charge in [0.05, 0.1) is 0 Å². The van der Waals surface area contributed by atoms with Crippen molar-refractivity contribution in [2.45, 2.75) is 19.8 Å². The lowest BCUT2D eigenvalue weighted by atomic mass is 10.1. The quantitative estimate of drug-likeness (QED) is 0.665. The number of carbonyl (C=O) groups excluding carboxylic acids is 3. The normalized spacial score (nSPS) is 10.1. The van der Waals surface area contributed by atoms with E-state index in [0.29, 0.717) is 24.3 Å². The van der Waals surface area contributed by atoms with Gasteiger partial charge in [-0.1, -0.05) is 12.1 Å². The minimum absolute atomic E-state index is 0.181. The van der Waals surface area contributed by atoms with Crippen molar-refractivity contribution in [3.05, 3.63) is 59.9 Å². The maximum Gasteiger partial charge on any atom is 0.233 e. The van der Waals surface area contributed by atoms with Crippen molar-refractivity contribution in [3.63, 3.8) is 0 Å². The van der Waals surface area contributed by atoms with Crippen molar-refractivity contribution < 1.29 is 18.8 Å². The summed E-state index contributed by atoms with van der Waals surface area (Å²) in [6.07, 6.45) is 0.259. The molecule has 0 aromatic heterocycles. The highest BCUT2D eigenvalue weighted by atomic mass is 19.1. The molecule has 0 aliphatic heterocycles. The largest absolute Gasteiger partial charge is 0.355 e. The average molecular weight is 357 g/mol. The van der Waals surface area contributed by atoms with E-state index in [2.05, 4.69) is 16.0 Å². The maximum absolute atomic E-state index is 12.8. The smallest absolute Gasteiger partial charge is 0.233 e. The summed E-state index contributed by atoms with van der Waals surface area (Å²) in [6.45, 7) is 1.77. The third kappa shape index (κ3) is 6.72. The van der Waals surface area contributed by atoms with Crippen LogP contribution in [0.4, 0.5) is 15.8 Å². The average Bonchev–Trinajstić information content (AvgIpc) is 2.58. The van der Waals surface area contributed by atoms with Crippen LogP contribution in [0.1, 0.15) is 18.9 Å². The third-order valence-corrected chi connectivity index (χ3v) is 3.46. The molecule has 3 N–H and O–H groups in total. The molecule has 0 saturated carbocycles. The van der Waals surface area contributed by atoms with Crippen LogP contribution in [0.3, 0.4) is 0 Å². The number of carbonyl (C=O) groups is 3. The van der Waals surface area contributed by atoms with E-state index >= 15 is 0 Å². The van der Waals surface area contributed by atoms with E-state index < -0.39 is 5.91 Å². The molecule has 3 amide bonds. The van der Waals surface area contributed by atoms with Gasteiger partial charge in [-0.3, -0.25) is 14.4 Å². The third-order valence-electron chi connectivity index (χ3n) is 3.46. The molecule has 7 heteroatoms. The topological polar surface area (TPSA) is 87.3 Å². The second-order valence-corrected chi connectivity index (χ2v) is 5.71. The monoisotopic (exact) mass is 357 g/mol. The molecular formula is C19H20FN3O3. The first-order chi connectivity index (χ1) is 12.4. The summed E-state index contributed by atoms with van der Waals surface area (Å²) in [4.78, 5) is 34.6. The van der Waals surface area contributed by atoms with E-state index in [-0.39, 0.29) is 24.1 Å². The SMILES string of the molecule is CC(=O)Nc1ccc(NC(=O)CC(=O)NCCc2ccc(F)cc2)cc1. The number of nitrogens with one attached hydrogen (secondary N) is 3. The molecule has 0 spiro atoms. The van der Waals surface area contributed by atoms with Gasteiger partial charge in [0.2, 0.25) is 17.7 Å². The van der Waals surface area contributed by atoms with Gasteiger partial charge >= 0.3 is 0 Å². The number of amides is 3. The Balaban J connectivity index is 1.72. The summed E-state index contributed by atoms with van der Waals surface area (Å²) < 4.78 is 12.8. The van der Waals surface area contributed by atoms with Crippen molar-refractivity contribution in [1.29, 1.82) is 0 Å². The minimum Gasteiger partial charge on any atom is -0.355 e. The van der Waals surface area contributed by atoms with Gasteiger partial charge in [0, 0.05) is 24.8 Å². The van der Waals surface area contributed by atoms with Crippen LogP contribution in [0.25, 0.3) is 0 Å². The molecule has 0 saturated heterocycles. The number of benzene rings is 2. The van der Waals surface area contributed by atoms with Crippen LogP contribution in [0.2, 0.25) is 0 Å². The fourth-order valence-electron chi connectivity index (χ4n) is 2.25. The van der Waals surface area contributed by atoms with Crippen LogP contribution >= 0.6 is 0 Å². The zero-order valence-electron chi connectivity index (χ0n) is 14.3. The second kappa shape index (κ2) is 9.31. The molecule has 0 atom stereocenters. The first-order valence-electron chi connectivity index (χ1n) is 8.11. The molecular weight excluding hydrogens is 337 g/mol. The molecule has 2 rings (SSSR count). The highest BCUT2D eigenvalue weighted by molar-refractivity contribution is 6.03. The molecule has 0 unspecified atom stereocenters. The molecule has 0 aliphatic rings. The highest BCUT2D eigenvalue weighted by Gasteiger charge is 2.09. The number of halogens is 1. The Morgan fingerprint density at radius 1 is 0.846 bits per heavy atom. The number of rotatable bonds is 7. The van der Waals surface area contributed by atoms with Crippen LogP contribution in [0.5, 0.6) is 0 Å². The Labute approximate surface area is 150 Å². The molecule has 136 valence electrons. The van der Waals surface area contributed by atoms with Gasteiger partial charge in [-0.05, 0) is 48.4 Å². The van der Waals surface area contributed by atoms with E-state index in [0.717, 1.165) is 5.56 Å². The fourth-order valence-corrected chi connectivity index (χ4v) is 2.25. The lowest BCUT2D eigenvalue weighted by Crippen LogP contribution is -2.29. The van der Waals surface area contributed by atoms with Gasteiger partial charge in [0.15, 0.2) is 0 Å². The Morgan fingerprint density at radius 3 is 2.00 bits per heavy atom. The van der Waals surface area contributed by atoms with Crippen molar-refractivity contribution in [3.8, 4) is 0 Å². The highest BCUT2D eigenvalue weighted by Crippen LogP contribution is 2.13. The number of hydrogen-bond donors (Lipinski definition) is 3. The van der Waals surface area contributed by atoms with E-state index in [9.17, 15) is 18.8 Å². The Morgan fingerprint density at radius 2 is 1.42 bits per heavy atom. The van der Waals surface area contributed by atoms with E-state index in [4.69, 9.17) is 0 Å². The van der Waals surface area contributed by atoms with Crippen molar-refractivity contribution in [1.82, 2.24) is 5.32 Å². The molecule has 0 radical (unpaired) electrons. The summed E-state index contributed by atoms with van der Waals surface area (Å²) >= 11 is 0. The van der Waals surface area contributed by atoms with Crippen molar-refractivity contribution in [2.75, 3.05) is 17.2 Å². The molecule has 2 aromatic carbocycles. The van der Waals surface area contributed by atoms with Gasteiger partial charge in [-0.2, -0.15) is 0 Å². The Bertz CT molecular complexity index is 774. The van der Waals surface area contributed by atoms with E-state index in [1.54, 1.807) is 36.4 Å². The minimum atomic E-state index is -0.434. The Kier molecular flexibility index (Phi) is 6.84.